The highest BCUT2D eigenvalue weighted by molar-refractivity contribution is 5.82. The zero-order chi connectivity index (χ0) is 14.9. The fraction of sp³-hybridized carbons (Fsp3) is 0.0526. The van der Waals surface area contributed by atoms with E-state index < -0.39 is 0 Å². The lowest BCUT2D eigenvalue weighted by atomic mass is 10.1. The van der Waals surface area contributed by atoms with Gasteiger partial charge in [0, 0.05) is 23.5 Å². The van der Waals surface area contributed by atoms with Gasteiger partial charge >= 0.3 is 0 Å². The maximum atomic E-state index is 4.67. The third-order valence-corrected chi connectivity index (χ3v) is 3.85. The summed E-state index contributed by atoms with van der Waals surface area (Å²) in [6.07, 6.45) is 3.69. The van der Waals surface area contributed by atoms with Gasteiger partial charge in [0.25, 0.3) is 0 Å². The van der Waals surface area contributed by atoms with Gasteiger partial charge in [-0.15, -0.1) is 0 Å². The van der Waals surface area contributed by atoms with Crippen molar-refractivity contribution in [2.75, 3.05) is 0 Å². The van der Waals surface area contributed by atoms with Gasteiger partial charge in [0.2, 0.25) is 0 Å². The summed E-state index contributed by atoms with van der Waals surface area (Å²) in [5, 5.41) is 0. The summed E-state index contributed by atoms with van der Waals surface area (Å²) in [4.78, 5) is 8.91. The van der Waals surface area contributed by atoms with Gasteiger partial charge in [-0.05, 0) is 31.2 Å². The van der Waals surface area contributed by atoms with Crippen molar-refractivity contribution in [3.05, 3.63) is 78.9 Å². The van der Waals surface area contributed by atoms with E-state index in [0.717, 1.165) is 33.7 Å². The lowest BCUT2D eigenvalue weighted by Crippen LogP contribution is -1.99. The Hall–Kier alpha value is -2.94. The molecule has 106 valence electrons. The van der Waals surface area contributed by atoms with Crippen molar-refractivity contribution in [2.24, 2.45) is 0 Å². The molecule has 0 N–H and O–H groups in total. The molecule has 0 atom stereocenters. The standard InChI is InChI=1S/C19H15N3/c1-14-21-17-9-3-5-11-19(17)22(14)18-10-4-2-8-16(18)15-7-6-12-20-13-15/h2-13H,1H3. The Bertz CT molecular complexity index is 939. The monoisotopic (exact) mass is 285 g/mol. The van der Waals surface area contributed by atoms with Crippen LogP contribution >= 0.6 is 0 Å². The van der Waals surface area contributed by atoms with Crippen LogP contribution in [0.3, 0.4) is 0 Å². The maximum Gasteiger partial charge on any atom is 0.111 e. The summed E-state index contributed by atoms with van der Waals surface area (Å²) >= 11 is 0. The molecule has 0 radical (unpaired) electrons. The van der Waals surface area contributed by atoms with Crippen LogP contribution in [0.2, 0.25) is 0 Å². The minimum Gasteiger partial charge on any atom is -0.296 e. The van der Waals surface area contributed by atoms with Crippen molar-refractivity contribution in [2.45, 2.75) is 6.92 Å². The SMILES string of the molecule is Cc1nc2ccccc2n1-c1ccccc1-c1cccnc1. The van der Waals surface area contributed by atoms with E-state index in [2.05, 4.69) is 50.9 Å². The number of aromatic nitrogens is 3. The number of para-hydroxylation sites is 3. The number of hydrogen-bond acceptors (Lipinski definition) is 2. The largest absolute Gasteiger partial charge is 0.296 e. The molecule has 0 aliphatic heterocycles. The van der Waals surface area contributed by atoms with E-state index in [1.54, 1.807) is 6.20 Å². The van der Waals surface area contributed by atoms with Crippen LogP contribution in [0.25, 0.3) is 27.8 Å². The number of imidazole rings is 1. The Balaban J connectivity index is 2.02. The second-order valence-electron chi connectivity index (χ2n) is 5.24. The Morgan fingerprint density at radius 1 is 0.864 bits per heavy atom. The van der Waals surface area contributed by atoms with Gasteiger partial charge in [0.1, 0.15) is 5.82 Å². The van der Waals surface area contributed by atoms with Crippen molar-refractivity contribution in [1.82, 2.24) is 14.5 Å². The van der Waals surface area contributed by atoms with E-state index in [4.69, 9.17) is 0 Å². The minimum atomic E-state index is 0.984. The molecule has 0 amide bonds. The van der Waals surface area contributed by atoms with Gasteiger partial charge in [-0.1, -0.05) is 36.4 Å². The Labute approximate surface area is 128 Å². The first-order valence-corrected chi connectivity index (χ1v) is 7.28. The molecule has 2 heterocycles. The molecule has 4 rings (SSSR count). The zero-order valence-electron chi connectivity index (χ0n) is 12.3. The second-order valence-corrected chi connectivity index (χ2v) is 5.24. The Morgan fingerprint density at radius 2 is 1.68 bits per heavy atom. The van der Waals surface area contributed by atoms with E-state index in [9.17, 15) is 0 Å². The highest BCUT2D eigenvalue weighted by atomic mass is 15.1. The molecule has 4 aromatic rings. The molecule has 2 aromatic carbocycles. The number of hydrogen-bond donors (Lipinski definition) is 0. The average molecular weight is 285 g/mol. The first-order valence-electron chi connectivity index (χ1n) is 7.28. The summed E-state index contributed by atoms with van der Waals surface area (Å²) < 4.78 is 2.21. The van der Waals surface area contributed by atoms with E-state index in [1.165, 1.54) is 0 Å². The number of aryl methyl sites for hydroxylation is 1. The third kappa shape index (κ3) is 1.99. The quantitative estimate of drug-likeness (QED) is 0.546. The van der Waals surface area contributed by atoms with Crippen molar-refractivity contribution in [1.29, 1.82) is 0 Å². The molecule has 0 spiro atoms. The second kappa shape index (κ2) is 5.11. The highest BCUT2D eigenvalue weighted by Gasteiger charge is 2.12. The molecule has 0 fully saturated rings. The number of fused-ring (bicyclic) bond motifs is 1. The molecule has 0 saturated heterocycles. The van der Waals surface area contributed by atoms with Crippen molar-refractivity contribution in [3.8, 4) is 16.8 Å². The van der Waals surface area contributed by atoms with Gasteiger partial charge in [-0.25, -0.2) is 4.98 Å². The smallest absolute Gasteiger partial charge is 0.111 e. The van der Waals surface area contributed by atoms with Gasteiger partial charge in [0.15, 0.2) is 0 Å². The molecule has 3 nitrogen and oxygen atoms in total. The summed E-state index contributed by atoms with van der Waals surface area (Å²) in [5.41, 5.74) is 5.52. The van der Waals surface area contributed by atoms with Gasteiger partial charge < -0.3 is 0 Å². The fourth-order valence-corrected chi connectivity index (χ4v) is 2.89. The van der Waals surface area contributed by atoms with Crippen LogP contribution in [0.15, 0.2) is 73.1 Å². The molecular weight excluding hydrogens is 270 g/mol. The zero-order valence-corrected chi connectivity index (χ0v) is 12.3. The van der Waals surface area contributed by atoms with Gasteiger partial charge in [-0.3, -0.25) is 9.55 Å². The maximum absolute atomic E-state index is 4.67. The molecule has 0 unspecified atom stereocenters. The van der Waals surface area contributed by atoms with E-state index in [1.807, 2.05) is 37.4 Å². The van der Waals surface area contributed by atoms with Crippen LogP contribution in [-0.4, -0.2) is 14.5 Å². The molecule has 0 aliphatic rings. The number of nitrogens with zero attached hydrogens (tertiary/aromatic N) is 3. The lowest BCUT2D eigenvalue weighted by Gasteiger charge is -2.13. The molecule has 3 heteroatoms. The van der Waals surface area contributed by atoms with Crippen molar-refractivity contribution in [3.63, 3.8) is 0 Å². The molecule has 0 saturated carbocycles. The van der Waals surface area contributed by atoms with E-state index >= 15 is 0 Å². The normalized spacial score (nSPS) is 11.0. The number of benzene rings is 2. The van der Waals surface area contributed by atoms with Crippen LogP contribution in [0.5, 0.6) is 0 Å². The summed E-state index contributed by atoms with van der Waals surface area (Å²) in [6, 6.07) is 20.6. The first kappa shape index (κ1) is 12.8. The average Bonchev–Trinajstić information content (AvgIpc) is 2.91. The first-order chi connectivity index (χ1) is 10.8. The van der Waals surface area contributed by atoms with Gasteiger partial charge in [-0.2, -0.15) is 0 Å². The van der Waals surface area contributed by atoms with Crippen LogP contribution in [0, 0.1) is 6.92 Å². The van der Waals surface area contributed by atoms with E-state index in [-0.39, 0.29) is 0 Å². The van der Waals surface area contributed by atoms with Gasteiger partial charge in [0.05, 0.1) is 16.7 Å². The molecule has 0 aliphatic carbocycles. The Morgan fingerprint density at radius 3 is 2.55 bits per heavy atom. The van der Waals surface area contributed by atoms with Crippen molar-refractivity contribution >= 4 is 11.0 Å². The Kier molecular flexibility index (Phi) is 2.97. The topological polar surface area (TPSA) is 30.7 Å². The fourth-order valence-electron chi connectivity index (χ4n) is 2.89. The minimum absolute atomic E-state index is 0.984. The summed E-state index contributed by atoms with van der Waals surface area (Å²) in [5.74, 6) is 0.984. The van der Waals surface area contributed by atoms with E-state index in [0.29, 0.717) is 0 Å². The molecular formula is C19H15N3. The summed E-state index contributed by atoms with van der Waals surface area (Å²) in [6.45, 7) is 2.04. The lowest BCUT2D eigenvalue weighted by molar-refractivity contribution is 1.00. The molecule has 22 heavy (non-hydrogen) atoms. The van der Waals surface area contributed by atoms with Crippen LogP contribution < -0.4 is 0 Å². The van der Waals surface area contributed by atoms with Crippen LogP contribution in [0.4, 0.5) is 0 Å². The van der Waals surface area contributed by atoms with Crippen LogP contribution in [-0.2, 0) is 0 Å². The van der Waals surface area contributed by atoms with Crippen molar-refractivity contribution < 1.29 is 0 Å². The number of pyridine rings is 1. The highest BCUT2D eigenvalue weighted by Crippen LogP contribution is 2.29. The summed E-state index contributed by atoms with van der Waals surface area (Å²) in [7, 11) is 0. The number of rotatable bonds is 2. The predicted octanol–water partition coefficient (Wildman–Crippen LogP) is 4.40. The molecule has 2 aromatic heterocycles. The predicted molar refractivity (Wildman–Crippen MR) is 89.0 cm³/mol. The molecule has 0 bridgehead atoms. The third-order valence-electron chi connectivity index (χ3n) is 3.85. The van der Waals surface area contributed by atoms with Crippen LogP contribution in [0.1, 0.15) is 5.82 Å².